The molecule has 3 nitrogen and oxygen atoms in total. The monoisotopic (exact) mass is 210 g/mol. The van der Waals surface area contributed by atoms with Gasteiger partial charge in [0, 0.05) is 18.0 Å². The zero-order valence-electron chi connectivity index (χ0n) is 8.02. The molecule has 1 saturated heterocycles. The van der Waals surface area contributed by atoms with Crippen LogP contribution >= 0.6 is 11.3 Å². The van der Waals surface area contributed by atoms with E-state index in [4.69, 9.17) is 5.11 Å². The summed E-state index contributed by atoms with van der Waals surface area (Å²) >= 11 is 1.67. The first-order valence-electron chi connectivity index (χ1n) is 5.18. The molecule has 2 aliphatic rings. The molecule has 2 atom stereocenters. The van der Waals surface area contributed by atoms with Crippen LogP contribution in [0, 0.1) is 5.92 Å². The van der Waals surface area contributed by atoms with Crippen LogP contribution in [0.1, 0.15) is 25.0 Å². The number of aromatic nitrogens is 1. The highest BCUT2D eigenvalue weighted by Crippen LogP contribution is 2.40. The van der Waals surface area contributed by atoms with Crippen molar-refractivity contribution >= 4 is 16.5 Å². The Bertz CT molecular complexity index is 339. The van der Waals surface area contributed by atoms with Gasteiger partial charge in [0.1, 0.15) is 0 Å². The van der Waals surface area contributed by atoms with Gasteiger partial charge in [-0.3, -0.25) is 0 Å². The first kappa shape index (κ1) is 8.68. The third kappa shape index (κ3) is 1.25. The van der Waals surface area contributed by atoms with Crippen LogP contribution in [-0.4, -0.2) is 22.7 Å². The van der Waals surface area contributed by atoms with E-state index < -0.39 is 0 Å². The summed E-state index contributed by atoms with van der Waals surface area (Å²) in [5.41, 5.74) is 0.813. The predicted octanol–water partition coefficient (Wildman–Crippen LogP) is 1.62. The number of nitrogens with zero attached hydrogens (tertiary/aromatic N) is 2. The smallest absolute Gasteiger partial charge is 0.185 e. The largest absolute Gasteiger partial charge is 0.390 e. The fourth-order valence-corrected chi connectivity index (χ4v) is 3.56. The Balaban J connectivity index is 1.82. The van der Waals surface area contributed by atoms with Crippen LogP contribution in [0.3, 0.4) is 0 Å². The summed E-state index contributed by atoms with van der Waals surface area (Å²) in [6.45, 7) is 1.25. The van der Waals surface area contributed by atoms with Gasteiger partial charge in [0.25, 0.3) is 0 Å². The summed E-state index contributed by atoms with van der Waals surface area (Å²) in [6.07, 6.45) is 4.09. The zero-order valence-corrected chi connectivity index (χ0v) is 8.83. The standard InChI is InChI=1S/C10H14N2OS/c13-5-8-6-14-10(11-8)12-4-7-1-2-9(12)3-7/h6-7,9,13H,1-5H2. The van der Waals surface area contributed by atoms with E-state index in [1.165, 1.54) is 25.8 Å². The molecule has 2 heterocycles. The number of thiazole rings is 1. The van der Waals surface area contributed by atoms with E-state index in [1.54, 1.807) is 11.3 Å². The molecule has 76 valence electrons. The van der Waals surface area contributed by atoms with Gasteiger partial charge in [0.05, 0.1) is 12.3 Å². The Morgan fingerprint density at radius 2 is 2.50 bits per heavy atom. The van der Waals surface area contributed by atoms with Crippen molar-refractivity contribution in [2.45, 2.75) is 31.9 Å². The maximum absolute atomic E-state index is 8.95. The highest BCUT2D eigenvalue weighted by atomic mass is 32.1. The molecule has 4 heteroatoms. The lowest BCUT2D eigenvalue weighted by Gasteiger charge is -2.26. The van der Waals surface area contributed by atoms with Gasteiger partial charge in [-0.1, -0.05) is 0 Å². The topological polar surface area (TPSA) is 36.4 Å². The summed E-state index contributed by atoms with van der Waals surface area (Å²) in [5, 5.41) is 12.0. The molecule has 1 N–H and O–H groups in total. The van der Waals surface area contributed by atoms with E-state index in [0.717, 1.165) is 22.8 Å². The van der Waals surface area contributed by atoms with E-state index in [9.17, 15) is 0 Å². The molecule has 14 heavy (non-hydrogen) atoms. The van der Waals surface area contributed by atoms with E-state index >= 15 is 0 Å². The van der Waals surface area contributed by atoms with Crippen molar-refractivity contribution in [2.24, 2.45) is 5.92 Å². The molecule has 2 unspecified atom stereocenters. The minimum atomic E-state index is 0.0679. The van der Waals surface area contributed by atoms with Crippen molar-refractivity contribution in [1.82, 2.24) is 4.98 Å². The van der Waals surface area contributed by atoms with Gasteiger partial charge >= 0.3 is 0 Å². The zero-order chi connectivity index (χ0) is 9.54. The van der Waals surface area contributed by atoms with Crippen LogP contribution < -0.4 is 4.90 Å². The summed E-state index contributed by atoms with van der Waals surface area (Å²) in [5.74, 6) is 0.904. The van der Waals surface area contributed by atoms with Crippen LogP contribution in [0.2, 0.25) is 0 Å². The number of piperidine rings is 1. The van der Waals surface area contributed by atoms with Crippen molar-refractivity contribution < 1.29 is 5.11 Å². The van der Waals surface area contributed by atoms with Crippen molar-refractivity contribution in [3.8, 4) is 0 Å². The average Bonchev–Trinajstić information content (AvgIpc) is 2.93. The summed E-state index contributed by atoms with van der Waals surface area (Å²) < 4.78 is 0. The van der Waals surface area contributed by atoms with Gasteiger partial charge < -0.3 is 10.0 Å². The highest BCUT2D eigenvalue weighted by Gasteiger charge is 2.38. The Labute approximate surface area is 87.4 Å². The maximum Gasteiger partial charge on any atom is 0.185 e. The van der Waals surface area contributed by atoms with E-state index in [0.29, 0.717) is 0 Å². The van der Waals surface area contributed by atoms with Crippen LogP contribution in [-0.2, 0) is 6.61 Å². The Morgan fingerprint density at radius 3 is 3.07 bits per heavy atom. The number of aliphatic hydroxyl groups excluding tert-OH is 1. The number of aliphatic hydroxyl groups is 1. The lowest BCUT2D eigenvalue weighted by atomic mass is 10.1. The second-order valence-electron chi connectivity index (χ2n) is 4.26. The predicted molar refractivity (Wildman–Crippen MR) is 56.5 cm³/mol. The molecule has 1 aromatic heterocycles. The lowest BCUT2D eigenvalue weighted by molar-refractivity contribution is 0.277. The molecule has 0 radical (unpaired) electrons. The third-order valence-electron chi connectivity index (χ3n) is 3.36. The van der Waals surface area contributed by atoms with Crippen molar-refractivity contribution in [2.75, 3.05) is 11.4 Å². The number of hydrogen-bond acceptors (Lipinski definition) is 4. The van der Waals surface area contributed by atoms with E-state index in [1.807, 2.05) is 5.38 Å². The first-order valence-corrected chi connectivity index (χ1v) is 6.06. The second-order valence-corrected chi connectivity index (χ2v) is 5.10. The fourth-order valence-electron chi connectivity index (χ4n) is 2.66. The third-order valence-corrected chi connectivity index (χ3v) is 4.28. The molecule has 2 bridgehead atoms. The average molecular weight is 210 g/mol. The van der Waals surface area contributed by atoms with Gasteiger partial charge in [0.15, 0.2) is 5.13 Å². The van der Waals surface area contributed by atoms with Crippen LogP contribution in [0.5, 0.6) is 0 Å². The lowest BCUT2D eigenvalue weighted by Crippen LogP contribution is -2.31. The highest BCUT2D eigenvalue weighted by molar-refractivity contribution is 7.13. The minimum Gasteiger partial charge on any atom is -0.390 e. The molecule has 2 fully saturated rings. The van der Waals surface area contributed by atoms with E-state index in [-0.39, 0.29) is 6.61 Å². The van der Waals surface area contributed by atoms with Gasteiger partial charge in [-0.25, -0.2) is 4.98 Å². The fraction of sp³-hybridized carbons (Fsp3) is 0.700. The summed E-state index contributed by atoms with van der Waals surface area (Å²) in [4.78, 5) is 6.85. The molecular formula is C10H14N2OS. The Morgan fingerprint density at radius 1 is 1.57 bits per heavy atom. The molecule has 1 saturated carbocycles. The summed E-state index contributed by atoms with van der Waals surface area (Å²) in [7, 11) is 0. The van der Waals surface area contributed by atoms with Crippen molar-refractivity contribution in [3.05, 3.63) is 11.1 Å². The van der Waals surface area contributed by atoms with E-state index in [2.05, 4.69) is 9.88 Å². The van der Waals surface area contributed by atoms with Crippen LogP contribution in [0.4, 0.5) is 5.13 Å². The summed E-state index contributed by atoms with van der Waals surface area (Å²) in [6, 6.07) is 0.734. The SMILES string of the molecule is OCc1csc(N2CC3CCC2C3)n1. The molecule has 3 rings (SSSR count). The van der Waals surface area contributed by atoms with Crippen LogP contribution in [0.25, 0.3) is 0 Å². The maximum atomic E-state index is 8.95. The number of anilines is 1. The number of hydrogen-bond donors (Lipinski definition) is 1. The second kappa shape index (κ2) is 3.21. The quantitative estimate of drug-likeness (QED) is 0.806. The molecule has 1 aliphatic carbocycles. The van der Waals surface area contributed by atoms with Crippen LogP contribution in [0.15, 0.2) is 5.38 Å². The molecule has 0 spiro atoms. The molecule has 1 aliphatic heterocycles. The Kier molecular flexibility index (Phi) is 1.99. The Hall–Kier alpha value is -0.610. The van der Waals surface area contributed by atoms with Gasteiger partial charge in [-0.15, -0.1) is 11.3 Å². The molecule has 1 aromatic rings. The normalized spacial score (nSPS) is 30.2. The van der Waals surface area contributed by atoms with Gasteiger partial charge in [0.2, 0.25) is 0 Å². The minimum absolute atomic E-state index is 0.0679. The molecule has 0 amide bonds. The molecular weight excluding hydrogens is 196 g/mol. The van der Waals surface area contributed by atoms with Crippen molar-refractivity contribution in [1.29, 1.82) is 0 Å². The number of fused-ring (bicyclic) bond motifs is 2. The first-order chi connectivity index (χ1) is 6.86. The van der Waals surface area contributed by atoms with Gasteiger partial charge in [-0.05, 0) is 25.2 Å². The molecule has 0 aromatic carbocycles. The van der Waals surface area contributed by atoms with Gasteiger partial charge in [-0.2, -0.15) is 0 Å². The van der Waals surface area contributed by atoms with Crippen molar-refractivity contribution in [3.63, 3.8) is 0 Å². The number of rotatable bonds is 2.